The second kappa shape index (κ2) is 8.93. The number of hydrogen-bond donors (Lipinski definition) is 4. The second-order valence-corrected chi connectivity index (χ2v) is 7.77. The minimum Gasteiger partial charge on any atom is -0.507 e. The van der Waals surface area contributed by atoms with Crippen molar-refractivity contribution in [2.45, 2.75) is 18.9 Å². The van der Waals surface area contributed by atoms with E-state index in [-0.39, 0.29) is 29.1 Å². The van der Waals surface area contributed by atoms with Gasteiger partial charge in [0.25, 0.3) is 5.91 Å². The molecule has 1 aromatic heterocycles. The third-order valence-corrected chi connectivity index (χ3v) is 5.65. The number of amidine groups is 1. The van der Waals surface area contributed by atoms with Gasteiger partial charge in [-0.3, -0.25) is 15.0 Å². The minimum absolute atomic E-state index is 0.0492. The van der Waals surface area contributed by atoms with E-state index in [1.165, 1.54) is 12.1 Å². The van der Waals surface area contributed by atoms with Crippen LogP contribution in [0.25, 0.3) is 17.2 Å². The van der Waals surface area contributed by atoms with Crippen LogP contribution in [-0.4, -0.2) is 39.3 Å². The average Bonchev–Trinajstić information content (AvgIpc) is 3.27. The van der Waals surface area contributed by atoms with Crippen LogP contribution in [0.15, 0.2) is 71.7 Å². The smallest absolute Gasteiger partial charge is 0.254 e. The number of carbonyl (C=O) groups excluding carboxylic acids is 1. The highest BCUT2D eigenvalue weighted by Crippen LogP contribution is 2.26. The Morgan fingerprint density at radius 3 is 2.50 bits per heavy atom. The maximum atomic E-state index is 13.1. The molecule has 0 bridgehead atoms. The van der Waals surface area contributed by atoms with E-state index in [4.69, 9.17) is 11.1 Å². The molecular formula is C25H24N4O3. The summed E-state index contributed by atoms with van der Waals surface area (Å²) in [5.41, 5.74) is 8.86. The molecule has 0 radical (unpaired) electrons. The van der Waals surface area contributed by atoms with Crippen molar-refractivity contribution < 1.29 is 9.90 Å². The molecule has 3 aromatic rings. The van der Waals surface area contributed by atoms with Gasteiger partial charge in [0.2, 0.25) is 5.56 Å². The molecule has 5 N–H and O–H groups in total. The fourth-order valence-electron chi connectivity index (χ4n) is 3.88. The summed E-state index contributed by atoms with van der Waals surface area (Å²) in [6, 6.07) is 15.2. The predicted molar refractivity (Wildman–Crippen MR) is 125 cm³/mol. The van der Waals surface area contributed by atoms with Crippen LogP contribution in [0, 0.1) is 5.41 Å². The van der Waals surface area contributed by atoms with Crippen LogP contribution in [0.2, 0.25) is 0 Å². The summed E-state index contributed by atoms with van der Waals surface area (Å²) in [6.07, 6.45) is 7.08. The summed E-state index contributed by atoms with van der Waals surface area (Å²) in [4.78, 5) is 28.8. The maximum absolute atomic E-state index is 13.1. The zero-order valence-electron chi connectivity index (χ0n) is 17.4. The van der Waals surface area contributed by atoms with E-state index in [0.29, 0.717) is 23.2 Å². The topological polar surface area (TPSA) is 123 Å². The summed E-state index contributed by atoms with van der Waals surface area (Å²) in [5.74, 6) is -0.0190. The highest BCUT2D eigenvalue weighted by atomic mass is 16.3. The molecule has 2 heterocycles. The van der Waals surface area contributed by atoms with Gasteiger partial charge >= 0.3 is 0 Å². The quantitative estimate of drug-likeness (QED) is 0.367. The Labute approximate surface area is 185 Å². The Morgan fingerprint density at radius 1 is 1.09 bits per heavy atom. The van der Waals surface area contributed by atoms with Gasteiger partial charge in [0.15, 0.2) is 0 Å². The first kappa shape index (κ1) is 21.1. The number of nitrogens with one attached hydrogen (secondary N) is 2. The number of phenols is 1. The Bertz CT molecular complexity index is 1220. The van der Waals surface area contributed by atoms with Crippen molar-refractivity contribution in [1.82, 2.24) is 9.88 Å². The molecule has 0 aliphatic carbocycles. The van der Waals surface area contributed by atoms with Crippen LogP contribution >= 0.6 is 0 Å². The number of nitrogens with two attached hydrogens (primary N) is 1. The lowest BCUT2D eigenvalue weighted by atomic mass is 10.0. The van der Waals surface area contributed by atoms with Gasteiger partial charge in [0, 0.05) is 35.5 Å². The molecule has 0 saturated carbocycles. The van der Waals surface area contributed by atoms with E-state index in [1.54, 1.807) is 42.6 Å². The molecule has 7 heteroatoms. The zero-order valence-corrected chi connectivity index (χ0v) is 17.4. The van der Waals surface area contributed by atoms with E-state index >= 15 is 0 Å². The number of aromatic amines is 1. The number of aromatic hydroxyl groups is 1. The number of aromatic nitrogens is 1. The van der Waals surface area contributed by atoms with Crippen LogP contribution in [0.1, 0.15) is 34.3 Å². The largest absolute Gasteiger partial charge is 0.507 e. The number of rotatable bonds is 5. The number of nitrogen functional groups attached to an aromatic ring is 1. The van der Waals surface area contributed by atoms with Crippen LogP contribution in [-0.2, 0) is 0 Å². The molecule has 4 rings (SSSR count). The van der Waals surface area contributed by atoms with Gasteiger partial charge in [-0.25, -0.2) is 0 Å². The molecule has 0 spiro atoms. The average molecular weight is 428 g/mol. The fraction of sp³-hybridized carbons (Fsp3) is 0.160. The maximum Gasteiger partial charge on any atom is 0.254 e. The van der Waals surface area contributed by atoms with Gasteiger partial charge in [0.1, 0.15) is 11.6 Å². The summed E-state index contributed by atoms with van der Waals surface area (Å²) in [6.45, 7) is 0.662. The number of phenolic OH excluding ortho intramolecular Hbond substituents is 1. The van der Waals surface area contributed by atoms with Crippen molar-refractivity contribution >= 4 is 17.8 Å². The normalized spacial score (nSPS) is 15.9. The van der Waals surface area contributed by atoms with Crippen LogP contribution in [0.3, 0.4) is 0 Å². The van der Waals surface area contributed by atoms with Crippen molar-refractivity contribution in [3.63, 3.8) is 0 Å². The molecule has 1 saturated heterocycles. The highest BCUT2D eigenvalue weighted by molar-refractivity contribution is 5.96. The lowest BCUT2D eigenvalue weighted by Crippen LogP contribution is -2.34. The second-order valence-electron chi connectivity index (χ2n) is 7.77. The molecule has 32 heavy (non-hydrogen) atoms. The number of pyridine rings is 1. The molecule has 0 unspecified atom stereocenters. The van der Waals surface area contributed by atoms with Gasteiger partial charge in [-0.1, -0.05) is 24.3 Å². The lowest BCUT2D eigenvalue weighted by Gasteiger charge is -2.22. The molecule has 1 fully saturated rings. The molecular weight excluding hydrogens is 404 g/mol. The van der Waals surface area contributed by atoms with Gasteiger partial charge in [-0.2, -0.15) is 0 Å². The molecule has 1 aliphatic heterocycles. The SMILES string of the molecule is N=C(N)c1ccc(O)c(/C=C/[C@H]2CCCN2C(=O)c2ccc(-c3ccc(=O)[nH]c3)cc2)c1. The Kier molecular flexibility index (Phi) is 5.89. The third-order valence-electron chi connectivity index (χ3n) is 5.65. The van der Waals surface area contributed by atoms with E-state index in [9.17, 15) is 14.7 Å². The van der Waals surface area contributed by atoms with Crippen molar-refractivity contribution in [2.75, 3.05) is 6.54 Å². The summed E-state index contributed by atoms with van der Waals surface area (Å²) >= 11 is 0. The van der Waals surface area contributed by atoms with Gasteiger partial charge < -0.3 is 20.7 Å². The molecule has 1 amide bonds. The molecule has 2 aromatic carbocycles. The predicted octanol–water partition coefficient (Wildman–Crippen LogP) is 3.35. The molecule has 1 aliphatic rings. The number of benzene rings is 2. The first-order valence-corrected chi connectivity index (χ1v) is 10.4. The fourth-order valence-corrected chi connectivity index (χ4v) is 3.88. The summed E-state index contributed by atoms with van der Waals surface area (Å²) < 4.78 is 0. The monoisotopic (exact) mass is 428 g/mol. The van der Waals surface area contributed by atoms with Crippen LogP contribution in [0.4, 0.5) is 0 Å². The summed E-state index contributed by atoms with van der Waals surface area (Å²) in [7, 11) is 0. The van der Waals surface area contributed by atoms with Crippen LogP contribution < -0.4 is 11.3 Å². The Hall–Kier alpha value is -4.13. The van der Waals surface area contributed by atoms with E-state index in [1.807, 2.05) is 23.1 Å². The van der Waals surface area contributed by atoms with E-state index in [0.717, 1.165) is 24.0 Å². The number of amides is 1. The number of hydrogen-bond acceptors (Lipinski definition) is 4. The number of likely N-dealkylation sites (tertiary alicyclic amines) is 1. The minimum atomic E-state index is -0.157. The van der Waals surface area contributed by atoms with Crippen molar-refractivity contribution in [1.29, 1.82) is 5.41 Å². The van der Waals surface area contributed by atoms with Crippen molar-refractivity contribution in [2.24, 2.45) is 5.73 Å². The van der Waals surface area contributed by atoms with Gasteiger partial charge in [-0.15, -0.1) is 0 Å². The van der Waals surface area contributed by atoms with Crippen molar-refractivity contribution in [3.8, 4) is 16.9 Å². The zero-order chi connectivity index (χ0) is 22.7. The van der Waals surface area contributed by atoms with Gasteiger partial charge in [0.05, 0.1) is 6.04 Å². The van der Waals surface area contributed by atoms with Crippen molar-refractivity contribution in [3.05, 3.63) is 93.9 Å². The standard InChI is InChI=1S/C25H24N4O3/c26-24(27)19-8-11-22(30)18(14-19)7-10-21-2-1-13-29(21)25(32)17-5-3-16(4-6-17)20-9-12-23(31)28-15-20/h3-12,14-15,21,30H,1-2,13H2,(H3,26,27)(H,28,31)/b10-7+/t21-/m1/s1. The first-order chi connectivity index (χ1) is 15.4. The highest BCUT2D eigenvalue weighted by Gasteiger charge is 2.27. The molecule has 1 atom stereocenters. The Balaban J connectivity index is 1.51. The van der Waals surface area contributed by atoms with E-state index in [2.05, 4.69) is 4.98 Å². The number of H-pyrrole nitrogens is 1. The number of nitrogens with zero attached hydrogens (tertiary/aromatic N) is 1. The molecule has 162 valence electrons. The number of carbonyl (C=O) groups is 1. The third kappa shape index (κ3) is 4.46. The van der Waals surface area contributed by atoms with Crippen LogP contribution in [0.5, 0.6) is 5.75 Å². The van der Waals surface area contributed by atoms with Gasteiger partial charge in [-0.05, 0) is 60.4 Å². The summed E-state index contributed by atoms with van der Waals surface area (Å²) in [5, 5.41) is 17.7. The van der Waals surface area contributed by atoms with E-state index < -0.39 is 0 Å². The molecule has 7 nitrogen and oxygen atoms in total. The first-order valence-electron chi connectivity index (χ1n) is 10.4. The Morgan fingerprint density at radius 2 is 1.81 bits per heavy atom. The lowest BCUT2D eigenvalue weighted by molar-refractivity contribution is 0.0762.